The predicted octanol–water partition coefficient (Wildman–Crippen LogP) is 4.27. The Morgan fingerprint density at radius 3 is 2.36 bits per heavy atom. The first-order valence-corrected chi connectivity index (χ1v) is 17.7. The van der Waals surface area contributed by atoms with E-state index in [0.29, 0.717) is 50.5 Å². The minimum absolute atomic E-state index is 0.0206. The second-order valence-corrected chi connectivity index (χ2v) is 16.6. The van der Waals surface area contributed by atoms with Crippen LogP contribution < -0.4 is 0 Å². The lowest BCUT2D eigenvalue weighted by Crippen LogP contribution is -2.75. The molecule has 16 atom stereocenters. The zero-order chi connectivity index (χ0) is 32.4. The maximum atomic E-state index is 13.2. The molecule has 0 spiro atoms. The highest BCUT2D eigenvalue weighted by molar-refractivity contribution is 5.81. The number of carbonyl (C=O) groups is 2. The van der Waals surface area contributed by atoms with Gasteiger partial charge in [0.1, 0.15) is 11.6 Å². The molecule has 0 aromatic carbocycles. The SMILES string of the molecule is CCOC(O)CCC(=O)C1CCCC(C2CCC(O)C3C(O)C4C(C)C5(O)C(O)C(C(C)=O)C(C)CC5(C)CC4(C)CC23)C1. The highest BCUT2D eigenvalue weighted by Gasteiger charge is 2.72. The molecule has 0 aromatic rings. The van der Waals surface area contributed by atoms with Gasteiger partial charge < -0.3 is 30.3 Å². The van der Waals surface area contributed by atoms with Gasteiger partial charge in [0.25, 0.3) is 0 Å². The van der Waals surface area contributed by atoms with Crippen molar-refractivity contribution in [1.29, 1.82) is 0 Å². The number of aliphatic hydroxyl groups excluding tert-OH is 4. The van der Waals surface area contributed by atoms with Crippen molar-refractivity contribution in [3.63, 3.8) is 0 Å². The second kappa shape index (κ2) is 12.6. The van der Waals surface area contributed by atoms with Crippen LogP contribution >= 0.6 is 0 Å². The molecule has 0 bridgehead atoms. The van der Waals surface area contributed by atoms with Crippen molar-refractivity contribution in [2.24, 2.45) is 64.1 Å². The van der Waals surface area contributed by atoms with E-state index in [-0.39, 0.29) is 46.6 Å². The summed E-state index contributed by atoms with van der Waals surface area (Å²) in [4.78, 5) is 25.8. The van der Waals surface area contributed by atoms with Gasteiger partial charge in [-0.2, -0.15) is 0 Å². The number of ether oxygens (including phenoxy) is 1. The first kappa shape index (κ1) is 34.4. The van der Waals surface area contributed by atoms with Crippen molar-refractivity contribution in [1.82, 2.24) is 0 Å². The highest BCUT2D eigenvalue weighted by atomic mass is 16.6. The topological polar surface area (TPSA) is 145 Å². The van der Waals surface area contributed by atoms with Crippen molar-refractivity contribution in [2.45, 2.75) is 142 Å². The lowest BCUT2D eigenvalue weighted by molar-refractivity contribution is -0.308. The van der Waals surface area contributed by atoms with Crippen LogP contribution in [0.3, 0.4) is 0 Å². The Hall–Kier alpha value is -0.900. The maximum absolute atomic E-state index is 13.2. The summed E-state index contributed by atoms with van der Waals surface area (Å²) in [5, 5.41) is 57.7. The largest absolute Gasteiger partial charge is 0.393 e. The van der Waals surface area contributed by atoms with E-state index in [2.05, 4.69) is 13.8 Å². The van der Waals surface area contributed by atoms with Gasteiger partial charge in [0.15, 0.2) is 6.29 Å². The minimum atomic E-state index is -1.51. The molecule has 0 aliphatic heterocycles. The number of hydrogen-bond donors (Lipinski definition) is 5. The van der Waals surface area contributed by atoms with E-state index in [1.807, 2.05) is 20.8 Å². The van der Waals surface area contributed by atoms with Gasteiger partial charge in [-0.25, -0.2) is 0 Å². The minimum Gasteiger partial charge on any atom is -0.393 e. The van der Waals surface area contributed by atoms with Gasteiger partial charge >= 0.3 is 0 Å². The summed E-state index contributed by atoms with van der Waals surface area (Å²) >= 11 is 0. The zero-order valence-electron chi connectivity index (χ0n) is 28.0. The zero-order valence-corrected chi connectivity index (χ0v) is 28.0. The fourth-order valence-corrected chi connectivity index (χ4v) is 12.5. The average molecular weight is 621 g/mol. The fourth-order valence-electron chi connectivity index (χ4n) is 12.5. The van der Waals surface area contributed by atoms with Crippen LogP contribution in [0.25, 0.3) is 0 Å². The molecule has 252 valence electrons. The molecule has 5 rings (SSSR count). The molecular weight excluding hydrogens is 560 g/mol. The average Bonchev–Trinajstić information content (AvgIpc) is 2.93. The summed E-state index contributed by atoms with van der Waals surface area (Å²) in [7, 11) is 0. The van der Waals surface area contributed by atoms with Gasteiger partial charge in [0.2, 0.25) is 0 Å². The van der Waals surface area contributed by atoms with Gasteiger partial charge in [-0.05, 0) is 105 Å². The van der Waals surface area contributed by atoms with Crippen molar-refractivity contribution in [2.75, 3.05) is 6.61 Å². The van der Waals surface area contributed by atoms with Gasteiger partial charge in [-0.15, -0.1) is 0 Å². The normalized spacial score (nSPS) is 51.4. The van der Waals surface area contributed by atoms with E-state index in [1.54, 1.807) is 0 Å². The number of carbonyl (C=O) groups excluding carboxylic acids is 2. The lowest BCUT2D eigenvalue weighted by Gasteiger charge is -2.70. The van der Waals surface area contributed by atoms with Crippen molar-refractivity contribution < 1.29 is 39.9 Å². The van der Waals surface area contributed by atoms with E-state index in [0.717, 1.165) is 38.5 Å². The molecule has 0 aromatic heterocycles. The molecule has 16 unspecified atom stereocenters. The summed E-state index contributed by atoms with van der Waals surface area (Å²) in [6, 6.07) is 0. The summed E-state index contributed by atoms with van der Waals surface area (Å²) in [6.07, 6.45) is 4.45. The fraction of sp³-hybridized carbons (Fsp3) is 0.944. The third kappa shape index (κ3) is 5.55. The van der Waals surface area contributed by atoms with Crippen LogP contribution in [-0.4, -0.2) is 73.9 Å². The summed E-state index contributed by atoms with van der Waals surface area (Å²) in [5.74, 6) is -0.928. The third-order valence-corrected chi connectivity index (χ3v) is 14.0. The van der Waals surface area contributed by atoms with E-state index in [1.165, 1.54) is 6.92 Å². The van der Waals surface area contributed by atoms with Crippen molar-refractivity contribution in [3.8, 4) is 0 Å². The van der Waals surface area contributed by atoms with Crippen molar-refractivity contribution in [3.05, 3.63) is 0 Å². The van der Waals surface area contributed by atoms with Gasteiger partial charge in [0, 0.05) is 37.2 Å². The van der Waals surface area contributed by atoms with E-state index in [4.69, 9.17) is 4.74 Å². The summed E-state index contributed by atoms with van der Waals surface area (Å²) < 4.78 is 5.22. The number of fused-ring (bicyclic) bond motifs is 3. The standard InChI is InChI=1S/C36H60O8/c1-7-44-28(40)14-13-26(38)23-10-8-9-22(15-23)24-11-12-27(39)30-25(24)17-34(5)18-35(6)16-19(2)29(21(4)37)33(42)36(35,43)20(3)31(34)32(30)41/h19-20,22-25,27-33,39-43H,7-18H2,1-6H3. The van der Waals surface area contributed by atoms with E-state index < -0.39 is 47.5 Å². The van der Waals surface area contributed by atoms with Gasteiger partial charge in [-0.3, -0.25) is 9.59 Å². The van der Waals surface area contributed by atoms with Gasteiger partial charge in [0.05, 0.1) is 23.9 Å². The van der Waals surface area contributed by atoms with Gasteiger partial charge in [-0.1, -0.05) is 40.5 Å². The Kier molecular flexibility index (Phi) is 9.87. The molecule has 5 N–H and O–H groups in total. The Morgan fingerprint density at radius 2 is 1.70 bits per heavy atom. The quantitative estimate of drug-likeness (QED) is 0.253. The first-order chi connectivity index (χ1) is 20.6. The van der Waals surface area contributed by atoms with Crippen LogP contribution in [0.1, 0.15) is 112 Å². The molecule has 0 saturated heterocycles. The maximum Gasteiger partial charge on any atom is 0.154 e. The Bertz CT molecular complexity index is 1060. The molecule has 8 heteroatoms. The molecular formula is C36H60O8. The molecule has 5 aliphatic rings. The molecule has 0 amide bonds. The summed E-state index contributed by atoms with van der Waals surface area (Å²) in [6.45, 7) is 12.0. The molecule has 5 aliphatic carbocycles. The van der Waals surface area contributed by atoms with E-state index >= 15 is 0 Å². The molecule has 5 fully saturated rings. The Morgan fingerprint density at radius 1 is 1.00 bits per heavy atom. The van der Waals surface area contributed by atoms with Crippen LogP contribution in [0.4, 0.5) is 0 Å². The number of aliphatic hydroxyl groups is 5. The molecule has 5 saturated carbocycles. The van der Waals surface area contributed by atoms with Crippen LogP contribution in [0.15, 0.2) is 0 Å². The van der Waals surface area contributed by atoms with Crippen LogP contribution in [0.5, 0.6) is 0 Å². The number of Topliss-reactive ketones (excluding diaryl/α,β-unsaturated/α-hetero) is 2. The Balaban J connectivity index is 1.39. The monoisotopic (exact) mass is 620 g/mol. The van der Waals surface area contributed by atoms with Crippen LogP contribution in [-0.2, 0) is 14.3 Å². The highest BCUT2D eigenvalue weighted by Crippen LogP contribution is 2.69. The molecule has 0 heterocycles. The number of ketones is 2. The van der Waals surface area contributed by atoms with Crippen LogP contribution in [0, 0.1) is 64.1 Å². The Labute approximate surface area is 264 Å². The number of rotatable bonds is 8. The van der Waals surface area contributed by atoms with E-state index in [9.17, 15) is 35.1 Å². The number of hydrogen-bond acceptors (Lipinski definition) is 8. The van der Waals surface area contributed by atoms with Crippen LogP contribution in [0.2, 0.25) is 0 Å². The smallest absolute Gasteiger partial charge is 0.154 e. The molecule has 44 heavy (non-hydrogen) atoms. The second-order valence-electron chi connectivity index (χ2n) is 16.6. The van der Waals surface area contributed by atoms with Crippen molar-refractivity contribution >= 4 is 11.6 Å². The summed E-state index contributed by atoms with van der Waals surface area (Å²) in [5.41, 5.74) is -2.44. The lowest BCUT2D eigenvalue weighted by atomic mass is 9.37. The third-order valence-electron chi connectivity index (χ3n) is 14.0. The predicted molar refractivity (Wildman–Crippen MR) is 166 cm³/mol. The molecule has 8 nitrogen and oxygen atoms in total. The first-order valence-electron chi connectivity index (χ1n) is 17.7. The molecule has 0 radical (unpaired) electrons.